The van der Waals surface area contributed by atoms with Crippen LogP contribution in [-0.2, 0) is 16.6 Å². The molecule has 0 saturated heterocycles. The first-order valence-corrected chi connectivity index (χ1v) is 9.57. The Morgan fingerprint density at radius 2 is 2.00 bits per heavy atom. The number of benzene rings is 1. The molecule has 3 heteroatoms. The van der Waals surface area contributed by atoms with Crippen LogP contribution in [0.2, 0.25) is 0 Å². The Kier molecular flexibility index (Phi) is 6.00. The van der Waals surface area contributed by atoms with Crippen LogP contribution in [0.15, 0.2) is 30.3 Å². The summed E-state index contributed by atoms with van der Waals surface area (Å²) in [6.07, 6.45) is 4.64. The van der Waals surface area contributed by atoms with Crippen molar-refractivity contribution in [1.29, 1.82) is 0 Å². The quantitative estimate of drug-likeness (QED) is 0.864. The molecular weight excluding hydrogens is 278 g/mol. The van der Waals surface area contributed by atoms with E-state index in [-0.39, 0.29) is 10.7 Å². The summed E-state index contributed by atoms with van der Waals surface area (Å²) >= 11 is 0. The summed E-state index contributed by atoms with van der Waals surface area (Å²) in [5.41, 5.74) is 1.43. The molecule has 0 spiro atoms. The van der Waals surface area contributed by atoms with Crippen molar-refractivity contribution in [3.8, 4) is 0 Å². The predicted octanol–water partition coefficient (Wildman–Crippen LogP) is 3.88. The maximum Gasteiger partial charge on any atom is 0.0509 e. The van der Waals surface area contributed by atoms with E-state index in [0.717, 1.165) is 19.4 Å². The first kappa shape index (κ1) is 16.7. The molecule has 3 unspecified atom stereocenters. The minimum absolute atomic E-state index is 0.241. The third-order valence-corrected chi connectivity index (χ3v) is 6.43. The van der Waals surface area contributed by atoms with E-state index in [2.05, 4.69) is 38.2 Å². The SMILES string of the molecule is CCCNC1C(S(=O)Cc2ccccc2)CCCC1(C)C. The summed E-state index contributed by atoms with van der Waals surface area (Å²) in [7, 11) is -0.800. The second-order valence-corrected chi connectivity index (χ2v) is 8.52. The van der Waals surface area contributed by atoms with Gasteiger partial charge >= 0.3 is 0 Å². The molecule has 118 valence electrons. The van der Waals surface area contributed by atoms with Gasteiger partial charge in [0.05, 0.1) is 5.25 Å². The monoisotopic (exact) mass is 307 g/mol. The van der Waals surface area contributed by atoms with E-state index in [1.165, 1.54) is 18.4 Å². The summed E-state index contributed by atoms with van der Waals surface area (Å²) in [5.74, 6) is 0.686. The lowest BCUT2D eigenvalue weighted by Gasteiger charge is -2.44. The average molecular weight is 308 g/mol. The molecule has 0 bridgehead atoms. The summed E-state index contributed by atoms with van der Waals surface area (Å²) in [5, 5.41) is 3.96. The van der Waals surface area contributed by atoms with E-state index >= 15 is 0 Å². The molecule has 2 nitrogen and oxygen atoms in total. The standard InChI is InChI=1S/C18H29NOS/c1-4-13-19-17-16(11-8-12-18(17,2)3)21(20)14-15-9-6-5-7-10-15/h5-7,9-10,16-17,19H,4,8,11-14H2,1-3H3. The molecule has 1 aromatic carbocycles. The first-order valence-electron chi connectivity index (χ1n) is 8.19. The minimum Gasteiger partial charge on any atom is -0.312 e. The molecule has 0 heterocycles. The molecule has 1 saturated carbocycles. The number of hydrogen-bond donors (Lipinski definition) is 1. The number of rotatable bonds is 6. The Bertz CT molecular complexity index is 458. The van der Waals surface area contributed by atoms with Crippen LogP contribution < -0.4 is 5.32 Å². The number of nitrogens with one attached hydrogen (secondary N) is 1. The fraction of sp³-hybridized carbons (Fsp3) is 0.667. The van der Waals surface area contributed by atoms with Crippen LogP contribution in [0.4, 0.5) is 0 Å². The Labute approximate surface area is 132 Å². The minimum atomic E-state index is -0.800. The molecule has 1 aliphatic rings. The largest absolute Gasteiger partial charge is 0.312 e. The fourth-order valence-electron chi connectivity index (χ4n) is 3.42. The van der Waals surface area contributed by atoms with E-state index in [1.54, 1.807) is 0 Å². The van der Waals surface area contributed by atoms with Crippen molar-refractivity contribution < 1.29 is 4.21 Å². The highest BCUT2D eigenvalue weighted by Gasteiger charge is 2.41. The molecule has 1 aliphatic carbocycles. The highest BCUT2D eigenvalue weighted by Crippen LogP contribution is 2.38. The van der Waals surface area contributed by atoms with Gasteiger partial charge in [0.2, 0.25) is 0 Å². The molecule has 21 heavy (non-hydrogen) atoms. The van der Waals surface area contributed by atoms with Crippen molar-refractivity contribution in [2.75, 3.05) is 6.54 Å². The zero-order chi connectivity index (χ0) is 15.3. The lowest BCUT2D eigenvalue weighted by Crippen LogP contribution is -2.54. The van der Waals surface area contributed by atoms with Gasteiger partial charge in [-0.2, -0.15) is 0 Å². The molecule has 1 aromatic rings. The van der Waals surface area contributed by atoms with Crippen LogP contribution in [0.5, 0.6) is 0 Å². The van der Waals surface area contributed by atoms with Gasteiger partial charge in [-0.1, -0.05) is 57.5 Å². The van der Waals surface area contributed by atoms with Gasteiger partial charge in [-0.3, -0.25) is 4.21 Å². The van der Waals surface area contributed by atoms with Gasteiger partial charge < -0.3 is 5.32 Å². The van der Waals surface area contributed by atoms with Crippen molar-refractivity contribution >= 4 is 10.8 Å². The summed E-state index contributed by atoms with van der Waals surface area (Å²) in [4.78, 5) is 0. The highest BCUT2D eigenvalue weighted by atomic mass is 32.2. The van der Waals surface area contributed by atoms with Crippen LogP contribution in [0.1, 0.15) is 52.0 Å². The molecule has 0 aliphatic heterocycles. The molecule has 3 atom stereocenters. The molecule has 2 rings (SSSR count). The van der Waals surface area contributed by atoms with Crippen molar-refractivity contribution in [2.45, 2.75) is 63.5 Å². The Balaban J connectivity index is 2.09. The zero-order valence-corrected chi connectivity index (χ0v) is 14.4. The fourth-order valence-corrected chi connectivity index (χ4v) is 5.35. The third kappa shape index (κ3) is 4.40. The Hall–Kier alpha value is -0.670. The lowest BCUT2D eigenvalue weighted by molar-refractivity contribution is 0.173. The predicted molar refractivity (Wildman–Crippen MR) is 91.8 cm³/mol. The van der Waals surface area contributed by atoms with Crippen molar-refractivity contribution in [3.05, 3.63) is 35.9 Å². The van der Waals surface area contributed by atoms with Crippen LogP contribution in [0.3, 0.4) is 0 Å². The van der Waals surface area contributed by atoms with E-state index in [1.807, 2.05) is 18.2 Å². The van der Waals surface area contributed by atoms with E-state index in [0.29, 0.717) is 11.8 Å². The maximum atomic E-state index is 12.9. The maximum absolute atomic E-state index is 12.9. The number of hydrogen-bond acceptors (Lipinski definition) is 2. The topological polar surface area (TPSA) is 29.1 Å². The van der Waals surface area contributed by atoms with Crippen molar-refractivity contribution in [1.82, 2.24) is 5.32 Å². The van der Waals surface area contributed by atoms with E-state index < -0.39 is 10.8 Å². The van der Waals surface area contributed by atoms with Crippen molar-refractivity contribution in [2.24, 2.45) is 5.41 Å². The third-order valence-electron chi connectivity index (χ3n) is 4.63. The second kappa shape index (κ2) is 7.55. The Morgan fingerprint density at radius 1 is 1.29 bits per heavy atom. The summed E-state index contributed by atoms with van der Waals surface area (Å²) in [6.45, 7) is 7.87. The zero-order valence-electron chi connectivity index (χ0n) is 13.6. The molecule has 0 amide bonds. The van der Waals surface area contributed by atoms with Crippen LogP contribution in [-0.4, -0.2) is 22.0 Å². The van der Waals surface area contributed by atoms with Gasteiger partial charge in [0.25, 0.3) is 0 Å². The molecule has 0 radical (unpaired) electrons. The van der Waals surface area contributed by atoms with Gasteiger partial charge in [0, 0.05) is 22.6 Å². The van der Waals surface area contributed by atoms with E-state index in [9.17, 15) is 4.21 Å². The van der Waals surface area contributed by atoms with Gasteiger partial charge in [-0.15, -0.1) is 0 Å². The molecule has 1 N–H and O–H groups in total. The van der Waals surface area contributed by atoms with Crippen LogP contribution in [0, 0.1) is 5.41 Å². The van der Waals surface area contributed by atoms with Crippen molar-refractivity contribution in [3.63, 3.8) is 0 Å². The molecular formula is C18H29NOS. The summed E-state index contributed by atoms with van der Waals surface area (Å²) < 4.78 is 12.9. The summed E-state index contributed by atoms with van der Waals surface area (Å²) in [6, 6.07) is 10.6. The normalized spacial score (nSPS) is 26.4. The second-order valence-electron chi connectivity index (χ2n) is 6.86. The van der Waals surface area contributed by atoms with Crippen LogP contribution in [0.25, 0.3) is 0 Å². The smallest absolute Gasteiger partial charge is 0.0509 e. The first-order chi connectivity index (χ1) is 10.0. The van der Waals surface area contributed by atoms with Gasteiger partial charge in [0.1, 0.15) is 0 Å². The van der Waals surface area contributed by atoms with Crippen LogP contribution >= 0.6 is 0 Å². The Morgan fingerprint density at radius 3 is 2.67 bits per heavy atom. The van der Waals surface area contributed by atoms with Gasteiger partial charge in [0.15, 0.2) is 0 Å². The van der Waals surface area contributed by atoms with E-state index in [4.69, 9.17) is 0 Å². The van der Waals surface area contributed by atoms with Gasteiger partial charge in [-0.05, 0) is 36.8 Å². The molecule has 0 aromatic heterocycles. The highest BCUT2D eigenvalue weighted by molar-refractivity contribution is 7.84. The molecule has 1 fully saturated rings. The van der Waals surface area contributed by atoms with Gasteiger partial charge in [-0.25, -0.2) is 0 Å². The lowest BCUT2D eigenvalue weighted by atomic mass is 9.73. The average Bonchev–Trinajstić information content (AvgIpc) is 2.46.